The fourth-order valence-electron chi connectivity index (χ4n) is 3.70. The van der Waals surface area contributed by atoms with Crippen LogP contribution in [0.4, 0.5) is 5.69 Å². The van der Waals surface area contributed by atoms with E-state index < -0.39 is 0 Å². The predicted molar refractivity (Wildman–Crippen MR) is 114 cm³/mol. The summed E-state index contributed by atoms with van der Waals surface area (Å²) in [5.74, 6) is -0.0908. The maximum Gasteiger partial charge on any atom is 0.238 e. The Morgan fingerprint density at radius 2 is 1.64 bits per heavy atom. The number of hydrogen-bond donors (Lipinski definition) is 1. The van der Waals surface area contributed by atoms with Gasteiger partial charge in [0.2, 0.25) is 5.90 Å². The quantitative estimate of drug-likeness (QED) is 0.416. The van der Waals surface area contributed by atoms with E-state index in [2.05, 4.69) is 74.1 Å². The number of aliphatic hydroxyl groups is 1. The third-order valence-electron chi connectivity index (χ3n) is 5.66. The molecule has 1 aliphatic heterocycles. The molecule has 28 heavy (non-hydrogen) atoms. The molecule has 1 unspecified atom stereocenters. The van der Waals surface area contributed by atoms with Crippen LogP contribution in [0.2, 0.25) is 0 Å². The number of benzene rings is 2. The van der Waals surface area contributed by atoms with Crippen molar-refractivity contribution in [2.75, 3.05) is 11.9 Å². The van der Waals surface area contributed by atoms with E-state index in [1.54, 1.807) is 18.3 Å². The van der Waals surface area contributed by atoms with Crippen LogP contribution in [0.25, 0.3) is 0 Å². The maximum atomic E-state index is 10.0. The molecule has 0 aliphatic carbocycles. The Bertz CT molecular complexity index is 913. The Kier molecular flexibility index (Phi) is 6.52. The molecule has 2 aromatic carbocycles. The Hall–Kier alpha value is -2.37. The van der Waals surface area contributed by atoms with Crippen molar-refractivity contribution in [1.29, 1.82) is 0 Å². The first kappa shape index (κ1) is 21.9. The van der Waals surface area contributed by atoms with Gasteiger partial charge in [-0.15, -0.1) is 5.10 Å². The van der Waals surface area contributed by atoms with E-state index in [-0.39, 0.29) is 33.5 Å². The van der Waals surface area contributed by atoms with Crippen molar-refractivity contribution in [2.45, 2.75) is 33.1 Å². The molecular weight excluding hydrogens is 393 g/mol. The average Bonchev–Trinajstić information content (AvgIpc) is 2.88. The van der Waals surface area contributed by atoms with Gasteiger partial charge in [0.25, 0.3) is 0 Å². The number of hydrogen-bond acceptors (Lipinski definition) is 3. The smallest absolute Gasteiger partial charge is 0.238 e. The molecule has 1 radical (unpaired) electrons. The minimum Gasteiger partial charge on any atom is -0.492 e. The van der Waals surface area contributed by atoms with Gasteiger partial charge in [-0.3, -0.25) is 0 Å². The van der Waals surface area contributed by atoms with Gasteiger partial charge in [-0.2, -0.15) is 5.10 Å². The fourth-order valence-corrected chi connectivity index (χ4v) is 3.70. The second-order valence-electron chi connectivity index (χ2n) is 8.06. The van der Waals surface area contributed by atoms with Crippen LogP contribution in [0, 0.1) is 5.41 Å². The summed E-state index contributed by atoms with van der Waals surface area (Å²) < 4.78 is 0. The van der Waals surface area contributed by atoms with Gasteiger partial charge >= 0.3 is 0 Å². The summed E-state index contributed by atoms with van der Waals surface area (Å²) in [7, 11) is 2.08. The van der Waals surface area contributed by atoms with Gasteiger partial charge in [0.15, 0.2) is 0 Å². The van der Waals surface area contributed by atoms with E-state index in [0.717, 1.165) is 5.70 Å². The third-order valence-corrected chi connectivity index (χ3v) is 5.66. The van der Waals surface area contributed by atoms with Crippen molar-refractivity contribution in [2.24, 2.45) is 15.6 Å². The normalized spacial score (nSPS) is 21.1. The van der Waals surface area contributed by atoms with Crippen LogP contribution in [0.3, 0.4) is 0 Å². The summed E-state index contributed by atoms with van der Waals surface area (Å²) in [6.07, 6.45) is 3.65. The van der Waals surface area contributed by atoms with Crippen LogP contribution < -0.4 is 4.90 Å². The Balaban J connectivity index is 0.00000280. The topological polar surface area (TPSA) is 48.2 Å². The minimum atomic E-state index is -0.157. The number of anilines is 1. The minimum absolute atomic E-state index is 0. The molecule has 0 aromatic heterocycles. The number of likely N-dealkylation sites (N-methyl/N-ethyl adjacent to an activating group) is 1. The Morgan fingerprint density at radius 1 is 1.04 bits per heavy atom. The average molecular weight is 420 g/mol. The van der Waals surface area contributed by atoms with E-state index >= 15 is 0 Å². The monoisotopic (exact) mass is 420 g/mol. The van der Waals surface area contributed by atoms with Gasteiger partial charge in [-0.1, -0.05) is 57.2 Å². The van der Waals surface area contributed by atoms with Crippen molar-refractivity contribution >= 4 is 17.8 Å². The Morgan fingerprint density at radius 3 is 2.29 bits per heavy atom. The Labute approximate surface area is 177 Å². The molecule has 1 atom stereocenters. The molecule has 0 spiro atoms. The SMILES string of the molecule is CN1\C(=C/C=N/N=C(\O)c2ccccc2)C(C)(C(C)(C)C)c2ccccc21.[Co]. The maximum absolute atomic E-state index is 10.0. The van der Waals surface area contributed by atoms with Crippen LogP contribution in [0.5, 0.6) is 0 Å². The first-order chi connectivity index (χ1) is 12.8. The molecule has 0 fully saturated rings. The molecule has 149 valence electrons. The molecule has 0 amide bonds. The fraction of sp³-hybridized carbons (Fsp3) is 0.304. The standard InChI is InChI=1S/C23H27N3O.Co/c1-22(2,3)23(4)18-13-9-10-14-19(18)26(5)20(23)15-16-24-25-21(27)17-11-7-6-8-12-17;/h6-16H,1-5H3,(H,25,27);/b20-15-,24-16+;. The van der Waals surface area contributed by atoms with Gasteiger partial charge in [0.1, 0.15) is 0 Å². The number of allylic oxidation sites excluding steroid dienone is 2. The molecule has 3 rings (SSSR count). The molecular formula is C23H27CoN3O. The predicted octanol–water partition coefficient (Wildman–Crippen LogP) is 5.31. The second-order valence-corrected chi connectivity index (χ2v) is 8.06. The third kappa shape index (κ3) is 3.77. The number of fused-ring (bicyclic) bond motifs is 1. The summed E-state index contributed by atoms with van der Waals surface area (Å²) in [6, 6.07) is 17.7. The van der Waals surface area contributed by atoms with E-state index in [9.17, 15) is 5.11 Å². The van der Waals surface area contributed by atoms with Crippen LogP contribution in [-0.4, -0.2) is 24.3 Å². The van der Waals surface area contributed by atoms with Crippen molar-refractivity contribution in [1.82, 2.24) is 0 Å². The number of nitrogens with zero attached hydrogens (tertiary/aromatic N) is 3. The molecule has 1 aliphatic rings. The summed E-state index contributed by atoms with van der Waals surface area (Å²) in [4.78, 5) is 2.22. The zero-order valence-electron chi connectivity index (χ0n) is 17.0. The number of para-hydroxylation sites is 1. The summed E-state index contributed by atoms with van der Waals surface area (Å²) in [5, 5.41) is 18.0. The van der Waals surface area contributed by atoms with E-state index in [1.807, 2.05) is 24.3 Å². The molecule has 4 nitrogen and oxygen atoms in total. The molecule has 0 bridgehead atoms. The van der Waals surface area contributed by atoms with Gasteiger partial charge in [-0.25, -0.2) is 0 Å². The van der Waals surface area contributed by atoms with Crippen LogP contribution >= 0.6 is 0 Å². The van der Waals surface area contributed by atoms with Crippen molar-refractivity contribution in [3.8, 4) is 0 Å². The number of rotatable bonds is 3. The summed E-state index contributed by atoms with van der Waals surface area (Å²) in [6.45, 7) is 9.05. The molecule has 2 aromatic rings. The molecule has 5 heteroatoms. The van der Waals surface area contributed by atoms with Gasteiger partial charge in [-0.05, 0) is 42.2 Å². The molecule has 1 heterocycles. The van der Waals surface area contributed by atoms with Crippen LogP contribution in [0.1, 0.15) is 38.8 Å². The zero-order valence-corrected chi connectivity index (χ0v) is 18.0. The first-order valence-corrected chi connectivity index (χ1v) is 9.16. The van der Waals surface area contributed by atoms with E-state index in [1.165, 1.54) is 11.3 Å². The van der Waals surface area contributed by atoms with Crippen LogP contribution in [-0.2, 0) is 22.2 Å². The van der Waals surface area contributed by atoms with Gasteiger partial charge in [0.05, 0.1) is 6.21 Å². The summed E-state index contributed by atoms with van der Waals surface area (Å²) in [5.41, 5.74) is 4.19. The second kappa shape index (κ2) is 8.33. The number of aliphatic hydroxyl groups excluding tert-OH is 1. The molecule has 0 saturated carbocycles. The first-order valence-electron chi connectivity index (χ1n) is 9.16. The van der Waals surface area contributed by atoms with Gasteiger partial charge < -0.3 is 10.0 Å². The van der Waals surface area contributed by atoms with E-state index in [0.29, 0.717) is 5.56 Å². The summed E-state index contributed by atoms with van der Waals surface area (Å²) >= 11 is 0. The molecule has 1 N–H and O–H groups in total. The molecule has 0 saturated heterocycles. The van der Waals surface area contributed by atoms with E-state index in [4.69, 9.17) is 0 Å². The largest absolute Gasteiger partial charge is 0.492 e. The zero-order chi connectivity index (χ0) is 19.7. The van der Waals surface area contributed by atoms with Crippen molar-refractivity contribution in [3.63, 3.8) is 0 Å². The van der Waals surface area contributed by atoms with Gasteiger partial charge in [0, 0.05) is 46.2 Å². The van der Waals surface area contributed by atoms with Crippen molar-refractivity contribution in [3.05, 3.63) is 77.5 Å². The van der Waals surface area contributed by atoms with Crippen molar-refractivity contribution < 1.29 is 21.9 Å². The van der Waals surface area contributed by atoms with Crippen LogP contribution in [0.15, 0.2) is 76.6 Å².